The van der Waals surface area contributed by atoms with Crippen LogP contribution in [0.15, 0.2) is 163 Å². The number of nitrogens with one attached hydrogen (secondary N) is 5. The first-order chi connectivity index (χ1) is 50.3. The lowest BCUT2D eigenvalue weighted by Crippen LogP contribution is -2.44. The molecule has 107 heavy (non-hydrogen) atoms. The summed E-state index contributed by atoms with van der Waals surface area (Å²) in [6.07, 6.45) is 13.0. The molecule has 2 atom stereocenters. The molecule has 35 heteroatoms. The number of hydrogen-bond donors (Lipinski definition) is 12. The molecule has 9 rings (SSSR count). The molecule has 3 heterocycles. The number of carboxylic acids is 2. The van der Waals surface area contributed by atoms with Crippen LogP contribution in [-0.2, 0) is 77.0 Å². The number of aliphatic carboxylic acids is 2. The molecule has 0 spiro atoms. The first kappa shape index (κ1) is 81.1. The number of anilines is 3. The maximum absolute atomic E-state index is 13.1. The molecule has 3 amide bonds. The van der Waals surface area contributed by atoms with Gasteiger partial charge in [0.2, 0.25) is 17.8 Å². The second kappa shape index (κ2) is 33.8. The predicted octanol–water partition coefficient (Wildman–Crippen LogP) is 8.51. The van der Waals surface area contributed by atoms with Crippen molar-refractivity contribution in [1.29, 1.82) is 0 Å². The van der Waals surface area contributed by atoms with Gasteiger partial charge in [0.1, 0.15) is 23.6 Å². The van der Waals surface area contributed by atoms with Crippen LogP contribution in [0, 0.1) is 0 Å². The van der Waals surface area contributed by atoms with E-state index in [-0.39, 0.29) is 101 Å². The van der Waals surface area contributed by atoms with Crippen LogP contribution in [0.3, 0.4) is 0 Å². The van der Waals surface area contributed by atoms with Crippen molar-refractivity contribution in [1.82, 2.24) is 35.9 Å². The Morgan fingerprint density at radius 1 is 0.682 bits per heavy atom. The molecule has 2 aromatic heterocycles. The number of hydrogen-bond acceptors (Lipinski definition) is 21. The van der Waals surface area contributed by atoms with Crippen LogP contribution in [0.1, 0.15) is 157 Å². The average Bonchev–Trinajstić information content (AvgIpc) is 1.59. The topological polar surface area (TPSA) is 501 Å². The van der Waals surface area contributed by atoms with Gasteiger partial charge in [0.25, 0.3) is 51.9 Å². The highest BCUT2D eigenvalue weighted by molar-refractivity contribution is 7.86. The average molecular weight is 1550 g/mol. The van der Waals surface area contributed by atoms with Crippen LogP contribution in [-0.4, -0.2) is 143 Å². The highest BCUT2D eigenvalue weighted by Crippen LogP contribution is 2.51. The number of H-pyrrole nitrogens is 1. The van der Waals surface area contributed by atoms with Gasteiger partial charge < -0.3 is 46.9 Å². The minimum Gasteiger partial charge on any atom is -0.480 e. The minimum absolute atomic E-state index is 0.00246. The van der Waals surface area contributed by atoms with Gasteiger partial charge in [0.15, 0.2) is 11.2 Å². The number of rotatable bonds is 35. The third-order valence-electron chi connectivity index (χ3n) is 18.8. The van der Waals surface area contributed by atoms with Crippen molar-refractivity contribution in [2.75, 3.05) is 34.8 Å². The lowest BCUT2D eigenvalue weighted by Gasteiger charge is -2.27. The number of nitrogens with zero attached hydrogens (tertiary/aromatic N) is 4. The molecule has 1 aliphatic heterocycles. The van der Waals surface area contributed by atoms with Crippen LogP contribution in [0.4, 0.5) is 17.3 Å². The van der Waals surface area contributed by atoms with Crippen molar-refractivity contribution in [2.45, 2.75) is 168 Å². The molecule has 2 aliphatic carbocycles. The van der Waals surface area contributed by atoms with E-state index < -0.39 is 105 Å². The quantitative estimate of drug-likeness (QED) is 0.0131. The molecule has 0 fully saturated rings. The molecule has 31 nitrogen and oxygen atoms in total. The summed E-state index contributed by atoms with van der Waals surface area (Å²) in [6.45, 7) is 8.18. The number of carboxylic acid groups (broad SMARTS) is 2. The number of allylic oxidation sites excluding steroid dienone is 9. The van der Waals surface area contributed by atoms with Crippen molar-refractivity contribution >= 4 is 104 Å². The summed E-state index contributed by atoms with van der Waals surface area (Å²) in [5.74, 6) is -4.48. The number of ether oxygens (including phenoxy) is 1. The van der Waals surface area contributed by atoms with Gasteiger partial charge in [-0.3, -0.25) is 42.4 Å². The zero-order valence-electron chi connectivity index (χ0n) is 58.9. The molecule has 0 radical (unpaired) electrons. The molecule has 13 N–H and O–H groups in total. The Kier molecular flexibility index (Phi) is 25.6. The fraction of sp³-hybridized carbons (Fsp3) is 0.375. The summed E-state index contributed by atoms with van der Waals surface area (Å²) in [7, 11) is -18.1. The first-order valence-electron chi connectivity index (χ1n) is 34.3. The maximum atomic E-state index is 13.1. The molecule has 572 valence electrons. The highest BCUT2D eigenvalue weighted by atomic mass is 32.2. The van der Waals surface area contributed by atoms with E-state index in [4.69, 9.17) is 10.5 Å². The van der Waals surface area contributed by atoms with Crippen LogP contribution in [0.5, 0.6) is 5.75 Å². The molecule has 0 saturated carbocycles. The third kappa shape index (κ3) is 21.0. The second-order valence-electron chi connectivity index (χ2n) is 27.1. The smallest absolute Gasteiger partial charge is 0.326 e. The Labute approximate surface area is 618 Å². The number of benzene rings is 4. The third-order valence-corrected chi connectivity index (χ3v) is 22.1. The highest BCUT2D eigenvalue weighted by Gasteiger charge is 2.42. The predicted molar refractivity (Wildman–Crippen MR) is 395 cm³/mol. The summed E-state index contributed by atoms with van der Waals surface area (Å²) >= 11 is 0. The number of carbonyl (C=O) groups is 5. The number of aromatic nitrogens is 4. The van der Waals surface area contributed by atoms with Gasteiger partial charge >= 0.3 is 11.9 Å². The van der Waals surface area contributed by atoms with Gasteiger partial charge in [-0.25, -0.2) is 19.6 Å². The van der Waals surface area contributed by atoms with E-state index in [0.29, 0.717) is 109 Å². The van der Waals surface area contributed by atoms with Crippen molar-refractivity contribution in [3.63, 3.8) is 0 Å². The van der Waals surface area contributed by atoms with Gasteiger partial charge in [0, 0.05) is 59.4 Å². The first-order valence-corrected chi connectivity index (χ1v) is 40.2. The van der Waals surface area contributed by atoms with Crippen molar-refractivity contribution < 1.29 is 90.8 Å². The zero-order chi connectivity index (χ0) is 78.0. The molecule has 0 unspecified atom stereocenters. The molecular weight excluding hydrogens is 1470 g/mol. The van der Waals surface area contributed by atoms with Gasteiger partial charge in [-0.1, -0.05) is 58.4 Å². The minimum atomic E-state index is -4.63. The van der Waals surface area contributed by atoms with Crippen LogP contribution in [0.2, 0.25) is 0 Å². The van der Waals surface area contributed by atoms with Gasteiger partial charge in [-0.2, -0.15) is 38.7 Å². The van der Waals surface area contributed by atoms with Crippen molar-refractivity contribution in [2.24, 2.45) is 0 Å². The largest absolute Gasteiger partial charge is 0.480 e. The van der Waals surface area contributed by atoms with Crippen molar-refractivity contribution in [3.05, 3.63) is 182 Å². The van der Waals surface area contributed by atoms with E-state index in [1.165, 1.54) is 66.9 Å². The Morgan fingerprint density at radius 2 is 1.34 bits per heavy atom. The number of carbonyl (C=O) groups excluding carboxylic acids is 3. The monoisotopic (exact) mass is 1550 g/mol. The van der Waals surface area contributed by atoms with E-state index in [1.54, 1.807) is 24.3 Å². The molecular formula is C72H84N10O21S4. The van der Waals surface area contributed by atoms with Gasteiger partial charge in [0.05, 0.1) is 38.9 Å². The Morgan fingerprint density at radius 3 is 2.00 bits per heavy atom. The number of nitrogens with two attached hydrogens (primary N) is 1. The summed E-state index contributed by atoms with van der Waals surface area (Å²) < 4.78 is 144. The standard InChI is InChI=1S/C72H84N10O21S4/c1-71(2)54(31-20-43-13-12-14-44(64(43)103-48-24-26-49(27-25-48)105(94,95)96)21-34-60-72(3,4)56-40-51(107(100,101)102)29-33-59(56)82(60)37-10-11-38-104(91,92)93)52(53-30-28-50(39-55(53)71)106(97,98)99)15-6-5-7-17-61(83)74-36-9-8-16-57(68(87)88)78-62(84)35-32-58(69(89)90)79-66(85)45-18-22-46(23-19-45)75-41-47-42-76-65-63(77-47)67(86)81-70(73)80-65/h18-31,33-34,39-40,42,57-58,75H,5-17,32,35-38,41H2,1-4H3,(H,74,83)(H,78,84)(H,79,85)(H,87,88)(H,89,90)(H,91,92,93)(H,94,95,96)(H,97,98,99)(H,100,101,102)(H3,73,76,80,81,86)/b31-20+,44-21+,60-34+/t57-,58-/m0/s1. The molecule has 0 saturated heterocycles. The summed E-state index contributed by atoms with van der Waals surface area (Å²) in [5.41, 5.74) is 10.7. The number of unbranched alkanes of at least 4 members (excludes halogenated alkanes) is 4. The summed E-state index contributed by atoms with van der Waals surface area (Å²) in [4.78, 5) is 91.3. The van der Waals surface area contributed by atoms with E-state index in [1.807, 2.05) is 56.9 Å². The summed E-state index contributed by atoms with van der Waals surface area (Å²) in [5, 5.41) is 30.5. The van der Waals surface area contributed by atoms with Crippen molar-refractivity contribution in [3.8, 4) is 5.75 Å². The fourth-order valence-corrected chi connectivity index (χ4v) is 15.2. The second-order valence-corrected chi connectivity index (χ2v) is 33.0. The Bertz CT molecular complexity index is 5150. The zero-order valence-corrected chi connectivity index (χ0v) is 62.1. The molecule has 3 aliphatic rings. The maximum Gasteiger partial charge on any atom is 0.326 e. The Hall–Kier alpha value is -10.0. The number of nitrogen functional groups attached to an aromatic ring is 1. The normalized spacial score (nSPS) is 16.4. The lowest BCUT2D eigenvalue weighted by atomic mass is 9.80. The Balaban J connectivity index is 0.818. The van der Waals surface area contributed by atoms with E-state index in [2.05, 4.69) is 41.2 Å². The summed E-state index contributed by atoms with van der Waals surface area (Å²) in [6, 6.07) is 17.0. The number of fused-ring (bicyclic) bond motifs is 3. The number of aromatic amines is 1. The fourth-order valence-electron chi connectivity index (χ4n) is 13.2. The van der Waals surface area contributed by atoms with Gasteiger partial charge in [-0.15, -0.1) is 0 Å². The van der Waals surface area contributed by atoms with Crippen LogP contribution >= 0.6 is 0 Å². The number of amides is 3. The SMILES string of the molecule is CC1(C)C(/C=C/C2=C(Oc3ccc(S(=O)(=O)O)cc3)C(=C/C=C3/N(CCCCS(=O)(=O)O)c4ccc(S(=O)(=O)O)cc4C3(C)C)/CCC2)=C(CCCCCC(=O)NCCCC[C@H](NC(=O)CC[C@H](NC(=O)c2ccc(NCc3cnc4nc(N)[nH]c(=O)c4n3)cc2)C(=O)O)C(=O)O)c2ccc(S(=O)(=O)O)cc21. The molecule has 0 bridgehead atoms. The van der Waals surface area contributed by atoms with Gasteiger partial charge in [-0.05, 0) is 201 Å². The molecule has 6 aromatic rings. The lowest BCUT2D eigenvalue weighted by molar-refractivity contribution is -0.142. The van der Waals surface area contributed by atoms with E-state index in [0.717, 1.165) is 16.7 Å². The van der Waals surface area contributed by atoms with Crippen LogP contribution in [0.25, 0.3) is 16.7 Å². The van der Waals surface area contributed by atoms with E-state index >= 15 is 0 Å². The van der Waals surface area contributed by atoms with E-state index in [9.17, 15) is 90.9 Å². The molecule has 4 aromatic carbocycles. The van der Waals surface area contributed by atoms with Crippen LogP contribution < -0.4 is 42.2 Å².